The fourth-order valence-electron chi connectivity index (χ4n) is 1.65. The van der Waals surface area contributed by atoms with Crippen LogP contribution in [0.1, 0.15) is 12.0 Å². The van der Waals surface area contributed by atoms with Crippen LogP contribution in [0.15, 0.2) is 23.3 Å². The number of phenolic OH excluding ortho intramolecular Hbond substituents is 1. The zero-order chi connectivity index (χ0) is 11.7. The number of benzene rings is 1. The maximum Gasteiger partial charge on any atom is 0.248 e. The van der Waals surface area contributed by atoms with Gasteiger partial charge in [0.15, 0.2) is 0 Å². The maximum atomic E-state index is 11.4. The van der Waals surface area contributed by atoms with E-state index in [1.54, 1.807) is 25.2 Å². The summed E-state index contributed by atoms with van der Waals surface area (Å²) >= 11 is 0. The lowest BCUT2D eigenvalue weighted by Crippen LogP contribution is -2.14. The van der Waals surface area contributed by atoms with Gasteiger partial charge < -0.3 is 9.84 Å². The first-order valence-electron chi connectivity index (χ1n) is 4.84. The molecule has 0 spiro atoms. The average molecular weight is 220 g/mol. The first kappa shape index (κ1) is 10.5. The minimum absolute atomic E-state index is 0.0706. The summed E-state index contributed by atoms with van der Waals surface area (Å²) in [5, 5.41) is 15.1. The highest BCUT2D eigenvalue weighted by Gasteiger charge is 2.25. The second-order valence-electron chi connectivity index (χ2n) is 3.50. The first-order valence-corrected chi connectivity index (χ1v) is 4.84. The van der Waals surface area contributed by atoms with E-state index in [1.807, 2.05) is 0 Å². The summed E-state index contributed by atoms with van der Waals surface area (Å²) in [6, 6.07) is 4.95. The van der Waals surface area contributed by atoms with Crippen LogP contribution in [0.2, 0.25) is 0 Å². The molecule has 16 heavy (non-hydrogen) atoms. The number of hydrogen-bond donors (Lipinski definition) is 1. The molecule has 0 unspecified atom stereocenters. The van der Waals surface area contributed by atoms with Crippen molar-refractivity contribution in [1.82, 2.24) is 5.01 Å². The Morgan fingerprint density at radius 3 is 2.81 bits per heavy atom. The van der Waals surface area contributed by atoms with Gasteiger partial charge in [0.1, 0.15) is 11.5 Å². The van der Waals surface area contributed by atoms with Gasteiger partial charge >= 0.3 is 0 Å². The number of methoxy groups -OCH3 is 1. The zero-order valence-electron chi connectivity index (χ0n) is 9.10. The molecule has 0 saturated heterocycles. The summed E-state index contributed by atoms with van der Waals surface area (Å²) in [5.41, 5.74) is 1.02. The normalized spacial score (nSPS) is 15.2. The molecule has 0 aromatic heterocycles. The van der Waals surface area contributed by atoms with Gasteiger partial charge in [-0.15, -0.1) is 0 Å². The highest BCUT2D eigenvalue weighted by atomic mass is 16.5. The number of amides is 1. The number of hydrogen-bond acceptors (Lipinski definition) is 4. The fraction of sp³-hybridized carbons (Fsp3) is 0.273. The molecule has 0 saturated carbocycles. The van der Waals surface area contributed by atoms with E-state index in [-0.39, 0.29) is 18.1 Å². The molecule has 0 bridgehead atoms. The summed E-state index contributed by atoms with van der Waals surface area (Å²) in [4.78, 5) is 11.4. The van der Waals surface area contributed by atoms with Crippen molar-refractivity contribution < 1.29 is 14.6 Å². The third-order valence-corrected chi connectivity index (χ3v) is 2.46. The second kappa shape index (κ2) is 3.84. The molecule has 5 nitrogen and oxygen atoms in total. The summed E-state index contributed by atoms with van der Waals surface area (Å²) in [7, 11) is 3.10. The highest BCUT2D eigenvalue weighted by molar-refractivity contribution is 6.16. The Morgan fingerprint density at radius 1 is 1.50 bits per heavy atom. The van der Waals surface area contributed by atoms with Crippen molar-refractivity contribution in [2.24, 2.45) is 5.10 Å². The van der Waals surface area contributed by atoms with Crippen molar-refractivity contribution in [1.29, 1.82) is 0 Å². The lowest BCUT2D eigenvalue weighted by molar-refractivity contribution is -0.127. The SMILES string of the molecule is COc1cccc(O)c1C1=NN(C)C(=O)C1. The van der Waals surface area contributed by atoms with Crippen molar-refractivity contribution in [3.05, 3.63) is 23.8 Å². The van der Waals surface area contributed by atoms with Crippen LogP contribution in [-0.4, -0.2) is 35.9 Å². The van der Waals surface area contributed by atoms with E-state index in [4.69, 9.17) is 4.74 Å². The second-order valence-corrected chi connectivity index (χ2v) is 3.50. The third-order valence-electron chi connectivity index (χ3n) is 2.46. The van der Waals surface area contributed by atoms with Gasteiger partial charge in [0, 0.05) is 7.05 Å². The largest absolute Gasteiger partial charge is 0.507 e. The van der Waals surface area contributed by atoms with Gasteiger partial charge in [0.05, 0.1) is 24.8 Å². The number of carbonyl (C=O) groups is 1. The number of nitrogens with zero attached hydrogens (tertiary/aromatic N) is 2. The topological polar surface area (TPSA) is 62.1 Å². The highest BCUT2D eigenvalue weighted by Crippen LogP contribution is 2.30. The molecule has 0 atom stereocenters. The molecule has 1 aromatic carbocycles. The average Bonchev–Trinajstić information content (AvgIpc) is 2.58. The van der Waals surface area contributed by atoms with Crippen LogP contribution >= 0.6 is 0 Å². The molecular weight excluding hydrogens is 208 g/mol. The molecule has 1 N–H and O–H groups in total. The Morgan fingerprint density at radius 2 is 2.25 bits per heavy atom. The van der Waals surface area contributed by atoms with E-state index in [0.717, 1.165) is 0 Å². The molecule has 1 aliphatic rings. The number of ether oxygens (including phenoxy) is 1. The van der Waals surface area contributed by atoms with Crippen LogP contribution < -0.4 is 4.74 Å². The minimum atomic E-state index is -0.0969. The Bertz CT molecular complexity index is 468. The zero-order valence-corrected chi connectivity index (χ0v) is 9.10. The Hall–Kier alpha value is -2.04. The smallest absolute Gasteiger partial charge is 0.248 e. The van der Waals surface area contributed by atoms with E-state index >= 15 is 0 Å². The maximum absolute atomic E-state index is 11.4. The van der Waals surface area contributed by atoms with E-state index in [9.17, 15) is 9.90 Å². The number of hydrazone groups is 1. The molecule has 1 aromatic rings. The van der Waals surface area contributed by atoms with Crippen molar-refractivity contribution >= 4 is 11.6 Å². The van der Waals surface area contributed by atoms with Gasteiger partial charge in [-0.1, -0.05) is 6.07 Å². The van der Waals surface area contributed by atoms with Crippen molar-refractivity contribution in [2.45, 2.75) is 6.42 Å². The summed E-state index contributed by atoms with van der Waals surface area (Å²) in [5.74, 6) is 0.489. The van der Waals surface area contributed by atoms with E-state index in [1.165, 1.54) is 12.1 Å². The Kier molecular flexibility index (Phi) is 2.52. The molecule has 1 aliphatic heterocycles. The molecule has 1 heterocycles. The number of rotatable bonds is 2. The van der Waals surface area contributed by atoms with E-state index in [0.29, 0.717) is 17.0 Å². The summed E-state index contributed by atoms with van der Waals surface area (Å²) < 4.78 is 5.14. The summed E-state index contributed by atoms with van der Waals surface area (Å²) in [6.45, 7) is 0. The molecular formula is C11H12N2O3. The lowest BCUT2D eigenvalue weighted by atomic mass is 10.1. The van der Waals surface area contributed by atoms with E-state index in [2.05, 4.69) is 5.10 Å². The van der Waals surface area contributed by atoms with Gasteiger partial charge in [0.25, 0.3) is 0 Å². The van der Waals surface area contributed by atoms with Crippen LogP contribution in [0, 0.1) is 0 Å². The van der Waals surface area contributed by atoms with Gasteiger partial charge in [0.2, 0.25) is 5.91 Å². The Labute approximate surface area is 92.9 Å². The molecule has 5 heteroatoms. The van der Waals surface area contributed by atoms with Gasteiger partial charge in [-0.05, 0) is 12.1 Å². The molecule has 84 valence electrons. The summed E-state index contributed by atoms with van der Waals surface area (Å²) in [6.07, 6.45) is 0.185. The molecule has 0 radical (unpaired) electrons. The quantitative estimate of drug-likeness (QED) is 0.807. The van der Waals surface area contributed by atoms with Gasteiger partial charge in [-0.25, -0.2) is 5.01 Å². The monoisotopic (exact) mass is 220 g/mol. The number of aromatic hydroxyl groups is 1. The fourth-order valence-corrected chi connectivity index (χ4v) is 1.65. The van der Waals surface area contributed by atoms with Crippen LogP contribution in [0.25, 0.3) is 0 Å². The number of phenols is 1. The van der Waals surface area contributed by atoms with Crippen LogP contribution in [0.3, 0.4) is 0 Å². The van der Waals surface area contributed by atoms with Gasteiger partial charge in [-0.3, -0.25) is 4.79 Å². The Balaban J connectivity index is 2.48. The first-order chi connectivity index (χ1) is 7.63. The molecule has 0 aliphatic carbocycles. The minimum Gasteiger partial charge on any atom is -0.507 e. The molecule has 2 rings (SSSR count). The standard InChI is InChI=1S/C11H12N2O3/c1-13-10(15)6-7(12-13)11-8(14)4-3-5-9(11)16-2/h3-5,14H,6H2,1-2H3. The van der Waals surface area contributed by atoms with Crippen LogP contribution in [-0.2, 0) is 4.79 Å². The number of carbonyl (C=O) groups excluding carboxylic acids is 1. The lowest BCUT2D eigenvalue weighted by Gasteiger charge is -2.08. The van der Waals surface area contributed by atoms with Crippen LogP contribution in [0.4, 0.5) is 0 Å². The predicted octanol–water partition coefficient (Wildman–Crippen LogP) is 0.967. The molecule has 1 amide bonds. The van der Waals surface area contributed by atoms with E-state index < -0.39 is 0 Å². The van der Waals surface area contributed by atoms with Crippen molar-refractivity contribution in [3.63, 3.8) is 0 Å². The molecule has 0 fully saturated rings. The third kappa shape index (κ3) is 1.60. The van der Waals surface area contributed by atoms with Crippen LogP contribution in [0.5, 0.6) is 11.5 Å². The van der Waals surface area contributed by atoms with Crippen molar-refractivity contribution in [3.8, 4) is 11.5 Å². The predicted molar refractivity (Wildman–Crippen MR) is 58.6 cm³/mol. The van der Waals surface area contributed by atoms with Gasteiger partial charge in [-0.2, -0.15) is 5.10 Å². The van der Waals surface area contributed by atoms with Crippen molar-refractivity contribution in [2.75, 3.05) is 14.2 Å².